The molecule has 3 nitrogen and oxygen atoms in total. The predicted molar refractivity (Wildman–Crippen MR) is 117 cm³/mol. The summed E-state index contributed by atoms with van der Waals surface area (Å²) in [5, 5.41) is 1.77. The second-order valence-corrected chi connectivity index (χ2v) is 7.35. The third-order valence-corrected chi connectivity index (χ3v) is 5.04. The summed E-state index contributed by atoms with van der Waals surface area (Å²) in [6, 6.07) is 16.7. The number of methoxy groups -OCH3 is 1. The number of aliphatic imine (C=N–C) groups is 1. The van der Waals surface area contributed by atoms with Crippen molar-refractivity contribution in [3.8, 4) is 11.5 Å². The lowest BCUT2D eigenvalue weighted by Gasteiger charge is -2.13. The summed E-state index contributed by atoms with van der Waals surface area (Å²) < 4.78 is 11.3. The van der Waals surface area contributed by atoms with Crippen LogP contribution in [0.4, 0.5) is 5.69 Å². The van der Waals surface area contributed by atoms with Gasteiger partial charge in [0.2, 0.25) is 0 Å². The second kappa shape index (κ2) is 9.33. The lowest BCUT2D eigenvalue weighted by molar-refractivity contribution is 0.284. The Labute approximate surface area is 179 Å². The summed E-state index contributed by atoms with van der Waals surface area (Å²) in [6.07, 6.45) is 1.72. The van der Waals surface area contributed by atoms with Crippen LogP contribution >= 0.6 is 34.8 Å². The summed E-state index contributed by atoms with van der Waals surface area (Å²) in [6.45, 7) is 2.25. The molecule has 0 radical (unpaired) electrons. The summed E-state index contributed by atoms with van der Waals surface area (Å²) in [7, 11) is 1.57. The van der Waals surface area contributed by atoms with Crippen LogP contribution in [-0.4, -0.2) is 13.3 Å². The molecule has 3 aromatic rings. The molecule has 0 unspecified atom stereocenters. The Balaban J connectivity index is 1.83. The molecule has 0 aliphatic rings. The van der Waals surface area contributed by atoms with Crippen LogP contribution in [0.1, 0.15) is 16.7 Å². The molecule has 0 aromatic heterocycles. The zero-order valence-electron chi connectivity index (χ0n) is 15.4. The van der Waals surface area contributed by atoms with E-state index < -0.39 is 0 Å². The van der Waals surface area contributed by atoms with Crippen molar-refractivity contribution in [2.75, 3.05) is 7.11 Å². The highest BCUT2D eigenvalue weighted by Crippen LogP contribution is 2.37. The van der Waals surface area contributed by atoms with E-state index in [0.29, 0.717) is 33.2 Å². The molecule has 28 heavy (non-hydrogen) atoms. The first kappa shape index (κ1) is 20.5. The van der Waals surface area contributed by atoms with Gasteiger partial charge in [-0.1, -0.05) is 53.0 Å². The van der Waals surface area contributed by atoms with E-state index in [2.05, 4.69) is 4.99 Å². The van der Waals surface area contributed by atoms with Crippen molar-refractivity contribution in [3.05, 3.63) is 86.4 Å². The fraction of sp³-hybridized carbons (Fsp3) is 0.136. The predicted octanol–water partition coefficient (Wildman–Crippen LogP) is 7.29. The minimum atomic E-state index is 0.325. The highest BCUT2D eigenvalue weighted by atomic mass is 35.5. The molecule has 0 saturated carbocycles. The van der Waals surface area contributed by atoms with E-state index in [1.807, 2.05) is 55.5 Å². The third kappa shape index (κ3) is 4.99. The lowest BCUT2D eigenvalue weighted by Crippen LogP contribution is -1.99. The number of halogens is 3. The largest absolute Gasteiger partial charge is 0.493 e. The zero-order valence-corrected chi connectivity index (χ0v) is 17.6. The van der Waals surface area contributed by atoms with Crippen molar-refractivity contribution in [2.24, 2.45) is 4.99 Å². The average molecular weight is 435 g/mol. The third-order valence-electron chi connectivity index (χ3n) is 4.12. The van der Waals surface area contributed by atoms with E-state index >= 15 is 0 Å². The number of benzene rings is 3. The maximum atomic E-state index is 6.44. The van der Waals surface area contributed by atoms with Crippen LogP contribution in [0.5, 0.6) is 11.5 Å². The van der Waals surface area contributed by atoms with Crippen LogP contribution in [0.15, 0.2) is 59.6 Å². The highest BCUT2D eigenvalue weighted by molar-refractivity contribution is 6.32. The molecule has 6 heteroatoms. The van der Waals surface area contributed by atoms with Crippen molar-refractivity contribution in [1.29, 1.82) is 0 Å². The topological polar surface area (TPSA) is 30.8 Å². The number of hydrogen-bond donors (Lipinski definition) is 0. The SMILES string of the molecule is COc1cc(C=Nc2cccc(Cl)c2C)cc(Cl)c1OCc1cccc(Cl)c1. The van der Waals surface area contributed by atoms with Crippen molar-refractivity contribution in [3.63, 3.8) is 0 Å². The number of nitrogens with zero attached hydrogens (tertiary/aromatic N) is 1. The van der Waals surface area contributed by atoms with Crippen LogP contribution < -0.4 is 9.47 Å². The highest BCUT2D eigenvalue weighted by Gasteiger charge is 2.12. The molecule has 0 bridgehead atoms. The Morgan fingerprint density at radius 1 is 0.964 bits per heavy atom. The molecule has 0 fully saturated rings. The fourth-order valence-electron chi connectivity index (χ4n) is 2.62. The molecule has 0 spiro atoms. The molecule has 144 valence electrons. The normalized spacial score (nSPS) is 11.0. The number of hydrogen-bond acceptors (Lipinski definition) is 3. The number of rotatable bonds is 6. The van der Waals surface area contributed by atoms with Gasteiger partial charge in [0.25, 0.3) is 0 Å². The van der Waals surface area contributed by atoms with Gasteiger partial charge in [0.05, 0.1) is 17.8 Å². The lowest BCUT2D eigenvalue weighted by atomic mass is 10.2. The van der Waals surface area contributed by atoms with Crippen LogP contribution in [0.2, 0.25) is 15.1 Å². The number of ether oxygens (including phenoxy) is 2. The molecule has 0 saturated heterocycles. The van der Waals surface area contributed by atoms with Crippen molar-refractivity contribution >= 4 is 46.7 Å². The standard InChI is InChI=1S/C22H18Cl3NO2/c1-14-18(24)7-4-8-20(14)26-12-16-10-19(25)22(21(11-16)27-2)28-13-15-5-3-6-17(23)9-15/h3-12H,13H2,1-2H3. The Morgan fingerprint density at radius 2 is 1.75 bits per heavy atom. The van der Waals surface area contributed by atoms with E-state index in [-0.39, 0.29) is 0 Å². The van der Waals surface area contributed by atoms with Gasteiger partial charge in [-0.15, -0.1) is 0 Å². The second-order valence-electron chi connectivity index (χ2n) is 6.09. The molecule has 3 rings (SSSR count). The van der Waals surface area contributed by atoms with Crippen molar-refractivity contribution in [2.45, 2.75) is 13.5 Å². The molecule has 0 atom stereocenters. The van der Waals surface area contributed by atoms with Gasteiger partial charge in [0, 0.05) is 16.3 Å². The first-order chi connectivity index (χ1) is 13.5. The van der Waals surface area contributed by atoms with Gasteiger partial charge in [-0.3, -0.25) is 4.99 Å². The smallest absolute Gasteiger partial charge is 0.180 e. The van der Waals surface area contributed by atoms with Crippen LogP contribution in [-0.2, 0) is 6.61 Å². The van der Waals surface area contributed by atoms with Crippen molar-refractivity contribution < 1.29 is 9.47 Å². The Kier molecular flexibility index (Phi) is 6.84. The van der Waals surface area contributed by atoms with E-state index in [9.17, 15) is 0 Å². The van der Waals surface area contributed by atoms with Crippen LogP contribution in [0, 0.1) is 6.92 Å². The zero-order chi connectivity index (χ0) is 20.1. The maximum Gasteiger partial charge on any atom is 0.180 e. The van der Waals surface area contributed by atoms with Gasteiger partial charge in [0.1, 0.15) is 6.61 Å². The van der Waals surface area contributed by atoms with E-state index in [1.165, 1.54) is 0 Å². The first-order valence-electron chi connectivity index (χ1n) is 8.52. The van der Waals surface area contributed by atoms with Crippen molar-refractivity contribution in [1.82, 2.24) is 0 Å². The molecule has 0 heterocycles. The molecular formula is C22H18Cl3NO2. The van der Waals surface area contributed by atoms with E-state index in [0.717, 1.165) is 22.4 Å². The first-order valence-corrected chi connectivity index (χ1v) is 9.65. The summed E-state index contributed by atoms with van der Waals surface area (Å²) in [5.74, 6) is 0.999. The summed E-state index contributed by atoms with van der Waals surface area (Å²) >= 11 is 18.6. The summed E-state index contributed by atoms with van der Waals surface area (Å²) in [4.78, 5) is 4.51. The molecule has 0 amide bonds. The Hall–Kier alpha value is -2.20. The molecule has 0 aliphatic carbocycles. The molecular weight excluding hydrogens is 417 g/mol. The van der Waals surface area contributed by atoms with Gasteiger partial charge in [-0.25, -0.2) is 0 Å². The molecule has 0 N–H and O–H groups in total. The van der Waals surface area contributed by atoms with E-state index in [1.54, 1.807) is 19.4 Å². The quantitative estimate of drug-likeness (QED) is 0.381. The average Bonchev–Trinajstić information content (AvgIpc) is 2.68. The van der Waals surface area contributed by atoms with Crippen LogP contribution in [0.25, 0.3) is 0 Å². The van der Waals surface area contributed by atoms with Gasteiger partial charge < -0.3 is 9.47 Å². The van der Waals surface area contributed by atoms with E-state index in [4.69, 9.17) is 44.3 Å². The maximum absolute atomic E-state index is 6.44. The van der Waals surface area contributed by atoms with Gasteiger partial charge >= 0.3 is 0 Å². The van der Waals surface area contributed by atoms with Gasteiger partial charge in [0.15, 0.2) is 11.5 Å². The fourth-order valence-corrected chi connectivity index (χ4v) is 3.27. The van der Waals surface area contributed by atoms with Gasteiger partial charge in [-0.05, 0) is 60.0 Å². The summed E-state index contributed by atoms with van der Waals surface area (Å²) in [5.41, 5.74) is 3.44. The van der Waals surface area contributed by atoms with Gasteiger partial charge in [-0.2, -0.15) is 0 Å². The molecule has 3 aromatic carbocycles. The Bertz CT molecular complexity index is 1020. The molecule has 0 aliphatic heterocycles. The Morgan fingerprint density at radius 3 is 2.50 bits per heavy atom. The minimum absolute atomic E-state index is 0.325. The minimum Gasteiger partial charge on any atom is -0.493 e. The monoisotopic (exact) mass is 433 g/mol. The van der Waals surface area contributed by atoms with Crippen LogP contribution in [0.3, 0.4) is 0 Å².